The standard InChI is InChI=1S/C16H23ClN2O4S/c1-3-10-24(21,22)19-8-6-18(7-9-19)16(20)11-13-4-5-14(23-2)12-15(13)17/h4-5,12H,3,6-11H2,1-2H3. The van der Waals surface area contributed by atoms with Crippen molar-refractivity contribution in [3.63, 3.8) is 0 Å². The highest BCUT2D eigenvalue weighted by Crippen LogP contribution is 2.23. The molecule has 1 amide bonds. The summed E-state index contributed by atoms with van der Waals surface area (Å²) < 4.78 is 30.7. The zero-order valence-corrected chi connectivity index (χ0v) is 15.6. The van der Waals surface area contributed by atoms with Crippen molar-refractivity contribution in [3.05, 3.63) is 28.8 Å². The Morgan fingerprint density at radius 1 is 1.25 bits per heavy atom. The summed E-state index contributed by atoms with van der Waals surface area (Å²) in [5.74, 6) is 0.753. The van der Waals surface area contributed by atoms with Crippen LogP contribution in [0.4, 0.5) is 0 Å². The lowest BCUT2D eigenvalue weighted by Crippen LogP contribution is -2.51. The molecular weight excluding hydrogens is 352 g/mol. The average molecular weight is 375 g/mol. The number of carbonyl (C=O) groups is 1. The van der Waals surface area contributed by atoms with E-state index in [-0.39, 0.29) is 18.1 Å². The van der Waals surface area contributed by atoms with Gasteiger partial charge in [0.1, 0.15) is 5.75 Å². The average Bonchev–Trinajstić information content (AvgIpc) is 2.56. The summed E-state index contributed by atoms with van der Waals surface area (Å²) in [5, 5.41) is 0.492. The van der Waals surface area contributed by atoms with E-state index < -0.39 is 10.0 Å². The number of carbonyl (C=O) groups excluding carboxylic acids is 1. The Hall–Kier alpha value is -1.31. The van der Waals surface area contributed by atoms with E-state index in [4.69, 9.17) is 16.3 Å². The molecule has 1 fully saturated rings. The molecule has 0 saturated carbocycles. The quantitative estimate of drug-likeness (QED) is 0.761. The van der Waals surface area contributed by atoms with Crippen molar-refractivity contribution in [1.82, 2.24) is 9.21 Å². The second-order valence-electron chi connectivity index (χ2n) is 5.73. The molecule has 24 heavy (non-hydrogen) atoms. The summed E-state index contributed by atoms with van der Waals surface area (Å²) in [6, 6.07) is 5.23. The van der Waals surface area contributed by atoms with E-state index in [1.165, 1.54) is 4.31 Å². The molecule has 0 radical (unpaired) electrons. The van der Waals surface area contributed by atoms with Gasteiger partial charge < -0.3 is 9.64 Å². The predicted octanol–water partition coefficient (Wildman–Crippen LogP) is 1.78. The minimum atomic E-state index is -3.20. The third-order valence-electron chi connectivity index (χ3n) is 4.05. The number of hydrogen-bond acceptors (Lipinski definition) is 4. The number of piperazine rings is 1. The van der Waals surface area contributed by atoms with Crippen molar-refractivity contribution in [1.29, 1.82) is 0 Å². The van der Waals surface area contributed by atoms with Gasteiger partial charge >= 0.3 is 0 Å². The summed E-state index contributed by atoms with van der Waals surface area (Å²) in [7, 11) is -1.64. The van der Waals surface area contributed by atoms with E-state index in [2.05, 4.69) is 0 Å². The molecule has 8 heteroatoms. The van der Waals surface area contributed by atoms with E-state index in [9.17, 15) is 13.2 Å². The number of rotatable bonds is 6. The van der Waals surface area contributed by atoms with Crippen molar-refractivity contribution in [2.75, 3.05) is 39.0 Å². The van der Waals surface area contributed by atoms with Gasteiger partial charge in [0, 0.05) is 31.2 Å². The highest BCUT2D eigenvalue weighted by molar-refractivity contribution is 7.89. The number of benzene rings is 1. The molecule has 0 atom stereocenters. The van der Waals surface area contributed by atoms with Crippen LogP contribution in [-0.4, -0.2) is 62.6 Å². The van der Waals surface area contributed by atoms with Gasteiger partial charge in [0.25, 0.3) is 0 Å². The maximum absolute atomic E-state index is 12.4. The fraction of sp³-hybridized carbons (Fsp3) is 0.562. The highest BCUT2D eigenvalue weighted by Gasteiger charge is 2.28. The first-order valence-corrected chi connectivity index (χ1v) is 9.94. The highest BCUT2D eigenvalue weighted by atomic mass is 35.5. The molecular formula is C16H23ClN2O4S. The first kappa shape index (κ1) is 19.0. The van der Waals surface area contributed by atoms with Crippen LogP contribution in [0.1, 0.15) is 18.9 Å². The third-order valence-corrected chi connectivity index (χ3v) is 6.48. The van der Waals surface area contributed by atoms with Crippen molar-refractivity contribution < 1.29 is 17.9 Å². The maximum atomic E-state index is 12.4. The summed E-state index contributed by atoms with van der Waals surface area (Å²) in [5.41, 5.74) is 0.739. The van der Waals surface area contributed by atoms with Gasteiger partial charge in [-0.3, -0.25) is 4.79 Å². The Balaban J connectivity index is 1.94. The molecule has 0 aromatic heterocycles. The molecule has 1 saturated heterocycles. The SMILES string of the molecule is CCCS(=O)(=O)N1CCN(C(=O)Cc2ccc(OC)cc2Cl)CC1. The van der Waals surface area contributed by atoms with E-state index in [1.54, 1.807) is 30.2 Å². The molecule has 2 rings (SSSR count). The Morgan fingerprint density at radius 2 is 1.92 bits per heavy atom. The van der Waals surface area contributed by atoms with Crippen LogP contribution in [0, 0.1) is 0 Å². The second kappa shape index (κ2) is 8.18. The van der Waals surface area contributed by atoms with E-state index in [0.29, 0.717) is 43.4 Å². The number of hydrogen-bond donors (Lipinski definition) is 0. The molecule has 0 spiro atoms. The van der Waals surface area contributed by atoms with Gasteiger partial charge in [0.05, 0.1) is 19.3 Å². The van der Waals surface area contributed by atoms with Crippen molar-refractivity contribution in [2.45, 2.75) is 19.8 Å². The van der Waals surface area contributed by atoms with Crippen LogP contribution in [0.15, 0.2) is 18.2 Å². The minimum Gasteiger partial charge on any atom is -0.497 e. The molecule has 0 bridgehead atoms. The van der Waals surface area contributed by atoms with Crippen LogP contribution in [0.2, 0.25) is 5.02 Å². The maximum Gasteiger partial charge on any atom is 0.227 e. The molecule has 0 unspecified atom stereocenters. The first-order valence-electron chi connectivity index (χ1n) is 7.95. The third kappa shape index (κ3) is 4.62. The largest absolute Gasteiger partial charge is 0.497 e. The first-order chi connectivity index (χ1) is 11.4. The van der Waals surface area contributed by atoms with Gasteiger partial charge in [0.15, 0.2) is 0 Å². The molecule has 0 aliphatic carbocycles. The summed E-state index contributed by atoms with van der Waals surface area (Å²) in [6.07, 6.45) is 0.794. The Kier molecular flexibility index (Phi) is 6.48. The van der Waals surface area contributed by atoms with Gasteiger partial charge in [-0.1, -0.05) is 24.6 Å². The van der Waals surface area contributed by atoms with Crippen LogP contribution in [0.25, 0.3) is 0 Å². The topological polar surface area (TPSA) is 66.9 Å². The molecule has 1 aliphatic rings. The lowest BCUT2D eigenvalue weighted by molar-refractivity contribution is -0.131. The van der Waals surface area contributed by atoms with Crippen LogP contribution in [-0.2, 0) is 21.2 Å². The van der Waals surface area contributed by atoms with Crippen LogP contribution >= 0.6 is 11.6 Å². The molecule has 1 aromatic rings. The van der Waals surface area contributed by atoms with Gasteiger partial charge in [-0.15, -0.1) is 0 Å². The summed E-state index contributed by atoms with van der Waals surface area (Å²) in [6.45, 7) is 3.37. The molecule has 1 heterocycles. The van der Waals surface area contributed by atoms with E-state index in [1.807, 2.05) is 6.92 Å². The van der Waals surface area contributed by atoms with Crippen molar-refractivity contribution >= 4 is 27.5 Å². The molecule has 6 nitrogen and oxygen atoms in total. The lowest BCUT2D eigenvalue weighted by atomic mass is 10.1. The lowest BCUT2D eigenvalue weighted by Gasteiger charge is -2.34. The predicted molar refractivity (Wildman–Crippen MR) is 93.9 cm³/mol. The fourth-order valence-electron chi connectivity index (χ4n) is 2.68. The van der Waals surface area contributed by atoms with Gasteiger partial charge in [-0.2, -0.15) is 4.31 Å². The molecule has 1 aromatic carbocycles. The minimum absolute atomic E-state index is 0.0467. The summed E-state index contributed by atoms with van der Waals surface area (Å²) >= 11 is 6.17. The smallest absolute Gasteiger partial charge is 0.227 e. The fourth-order valence-corrected chi connectivity index (χ4v) is 4.41. The number of halogens is 1. The zero-order valence-electron chi connectivity index (χ0n) is 14.0. The molecule has 0 N–H and O–H groups in total. The van der Waals surface area contributed by atoms with E-state index in [0.717, 1.165) is 5.56 Å². The van der Waals surface area contributed by atoms with Crippen molar-refractivity contribution in [3.8, 4) is 5.75 Å². The van der Waals surface area contributed by atoms with Gasteiger partial charge in [-0.05, 0) is 24.1 Å². The van der Waals surface area contributed by atoms with Gasteiger partial charge in [0.2, 0.25) is 15.9 Å². The van der Waals surface area contributed by atoms with Crippen LogP contribution in [0.5, 0.6) is 5.75 Å². The molecule has 134 valence electrons. The summed E-state index contributed by atoms with van der Waals surface area (Å²) in [4.78, 5) is 14.1. The Labute approximate surface area is 148 Å². The number of methoxy groups -OCH3 is 1. The van der Waals surface area contributed by atoms with E-state index >= 15 is 0 Å². The van der Waals surface area contributed by atoms with Gasteiger partial charge in [-0.25, -0.2) is 8.42 Å². The second-order valence-corrected chi connectivity index (χ2v) is 8.23. The Morgan fingerprint density at radius 3 is 2.46 bits per heavy atom. The Bertz CT molecular complexity index is 685. The van der Waals surface area contributed by atoms with Crippen LogP contribution in [0.3, 0.4) is 0 Å². The number of sulfonamides is 1. The van der Waals surface area contributed by atoms with Crippen LogP contribution < -0.4 is 4.74 Å². The zero-order chi connectivity index (χ0) is 17.7. The van der Waals surface area contributed by atoms with Crippen molar-refractivity contribution in [2.24, 2.45) is 0 Å². The number of ether oxygens (including phenoxy) is 1. The number of amides is 1. The normalized spacial score (nSPS) is 16.2. The monoisotopic (exact) mass is 374 g/mol. The number of nitrogens with zero attached hydrogens (tertiary/aromatic N) is 2. The molecule has 1 aliphatic heterocycles.